The molecule has 0 aliphatic carbocycles. The number of nitrogens with one attached hydrogen (secondary N) is 2. The number of unbranched alkanes of at least 4 members (excludes halogenated alkanes) is 1. The fourth-order valence-corrected chi connectivity index (χ4v) is 2.44. The van der Waals surface area contributed by atoms with Gasteiger partial charge in [0.2, 0.25) is 5.91 Å². The molecule has 0 radical (unpaired) electrons. The summed E-state index contributed by atoms with van der Waals surface area (Å²) in [7, 11) is 0. The number of amides is 2. The first-order valence-electron chi connectivity index (χ1n) is 8.92. The molecule has 0 bridgehead atoms. The van der Waals surface area contributed by atoms with Crippen LogP contribution in [0.25, 0.3) is 11.3 Å². The van der Waals surface area contributed by atoms with Crippen LogP contribution in [0.2, 0.25) is 0 Å². The summed E-state index contributed by atoms with van der Waals surface area (Å²) in [4.78, 5) is 23.9. The van der Waals surface area contributed by atoms with Gasteiger partial charge in [0, 0.05) is 18.2 Å². The van der Waals surface area contributed by atoms with E-state index in [2.05, 4.69) is 36.6 Å². The highest BCUT2D eigenvalue weighted by molar-refractivity contribution is 5.95. The van der Waals surface area contributed by atoms with Crippen molar-refractivity contribution in [1.29, 1.82) is 0 Å². The molecule has 6 nitrogen and oxygen atoms in total. The molecule has 0 spiro atoms. The van der Waals surface area contributed by atoms with E-state index >= 15 is 0 Å². The van der Waals surface area contributed by atoms with E-state index in [9.17, 15) is 9.59 Å². The minimum atomic E-state index is -0.432. The first kappa shape index (κ1) is 19.7. The number of carbonyl (C=O) groups is 2. The van der Waals surface area contributed by atoms with Crippen LogP contribution in [-0.4, -0.2) is 30.1 Å². The molecule has 1 heterocycles. The van der Waals surface area contributed by atoms with Crippen molar-refractivity contribution in [3.05, 3.63) is 42.1 Å². The van der Waals surface area contributed by atoms with E-state index in [4.69, 9.17) is 4.52 Å². The van der Waals surface area contributed by atoms with Crippen molar-refractivity contribution in [2.45, 2.75) is 40.0 Å². The third-order valence-corrected chi connectivity index (χ3v) is 3.89. The monoisotopic (exact) mass is 357 g/mol. The fraction of sp³-hybridized carbons (Fsp3) is 0.450. The van der Waals surface area contributed by atoms with Crippen molar-refractivity contribution in [2.75, 3.05) is 13.1 Å². The Morgan fingerprint density at radius 3 is 2.50 bits per heavy atom. The van der Waals surface area contributed by atoms with Crippen LogP contribution in [0.1, 0.15) is 50.5 Å². The Labute approximate surface area is 154 Å². The molecule has 0 aliphatic rings. The Kier molecular flexibility index (Phi) is 6.95. The van der Waals surface area contributed by atoms with E-state index in [-0.39, 0.29) is 18.1 Å². The first-order chi connectivity index (χ1) is 12.3. The summed E-state index contributed by atoms with van der Waals surface area (Å²) in [5, 5.41) is 9.13. The summed E-state index contributed by atoms with van der Waals surface area (Å²) < 4.78 is 5.19. The molecule has 26 heavy (non-hydrogen) atoms. The lowest BCUT2D eigenvalue weighted by Crippen LogP contribution is -2.37. The molecule has 2 amide bonds. The first-order valence-corrected chi connectivity index (χ1v) is 8.92. The molecule has 6 heteroatoms. The highest BCUT2D eigenvalue weighted by Crippen LogP contribution is 2.21. The normalized spacial score (nSPS) is 11.2. The van der Waals surface area contributed by atoms with Gasteiger partial charge in [0.15, 0.2) is 11.5 Å². The number of hydrogen-bond donors (Lipinski definition) is 2. The van der Waals surface area contributed by atoms with Crippen molar-refractivity contribution < 1.29 is 14.1 Å². The Hall–Kier alpha value is -2.63. The molecular weight excluding hydrogens is 330 g/mol. The van der Waals surface area contributed by atoms with Gasteiger partial charge in [0.25, 0.3) is 5.91 Å². The molecule has 2 N–H and O–H groups in total. The zero-order valence-electron chi connectivity index (χ0n) is 15.7. The van der Waals surface area contributed by atoms with Crippen LogP contribution < -0.4 is 10.6 Å². The van der Waals surface area contributed by atoms with E-state index in [0.717, 1.165) is 24.8 Å². The van der Waals surface area contributed by atoms with Crippen LogP contribution in [0.15, 0.2) is 40.9 Å². The second kappa shape index (κ2) is 9.17. The minimum Gasteiger partial charge on any atom is -0.355 e. The van der Waals surface area contributed by atoms with Crippen LogP contribution in [0, 0.1) is 5.41 Å². The Morgan fingerprint density at radius 2 is 1.81 bits per heavy atom. The summed E-state index contributed by atoms with van der Waals surface area (Å²) in [6.45, 7) is 7.15. The number of benzene rings is 1. The highest BCUT2D eigenvalue weighted by Gasteiger charge is 2.14. The molecule has 1 aromatic carbocycles. The molecule has 0 saturated heterocycles. The van der Waals surface area contributed by atoms with E-state index in [1.807, 2.05) is 30.3 Å². The quantitative estimate of drug-likeness (QED) is 0.709. The Morgan fingerprint density at radius 1 is 1.08 bits per heavy atom. The van der Waals surface area contributed by atoms with Crippen molar-refractivity contribution in [1.82, 2.24) is 15.8 Å². The SMILES string of the molecule is CC(C)(C)CCCCNC(=O)CNC(=O)c1cc(-c2ccccc2)on1. The van der Waals surface area contributed by atoms with Gasteiger partial charge < -0.3 is 15.2 Å². The second-order valence-corrected chi connectivity index (χ2v) is 7.49. The number of nitrogens with zero attached hydrogens (tertiary/aromatic N) is 1. The molecule has 0 saturated carbocycles. The zero-order chi connectivity index (χ0) is 19.0. The molecule has 1 aromatic heterocycles. The van der Waals surface area contributed by atoms with Crippen molar-refractivity contribution in [3.8, 4) is 11.3 Å². The average molecular weight is 357 g/mol. The molecule has 0 atom stereocenters. The molecule has 2 aromatic rings. The number of carbonyl (C=O) groups excluding carboxylic acids is 2. The lowest BCUT2D eigenvalue weighted by Gasteiger charge is -2.17. The van der Waals surface area contributed by atoms with Gasteiger partial charge in [0.05, 0.1) is 6.54 Å². The lowest BCUT2D eigenvalue weighted by molar-refractivity contribution is -0.120. The molecule has 0 aliphatic heterocycles. The van der Waals surface area contributed by atoms with E-state index < -0.39 is 5.91 Å². The highest BCUT2D eigenvalue weighted by atomic mass is 16.5. The summed E-state index contributed by atoms with van der Waals surface area (Å²) in [6.07, 6.45) is 3.12. The van der Waals surface area contributed by atoms with E-state index in [1.165, 1.54) is 0 Å². The number of aromatic nitrogens is 1. The van der Waals surface area contributed by atoms with Gasteiger partial charge in [-0.25, -0.2) is 0 Å². The lowest BCUT2D eigenvalue weighted by atomic mass is 9.90. The third kappa shape index (κ3) is 6.70. The average Bonchev–Trinajstić information content (AvgIpc) is 3.09. The van der Waals surface area contributed by atoms with Crippen LogP contribution >= 0.6 is 0 Å². The van der Waals surface area contributed by atoms with Gasteiger partial charge in [-0.3, -0.25) is 9.59 Å². The number of hydrogen-bond acceptors (Lipinski definition) is 4. The summed E-state index contributed by atoms with van der Waals surface area (Å²) in [6, 6.07) is 11.0. The van der Waals surface area contributed by atoms with Crippen LogP contribution in [0.3, 0.4) is 0 Å². The second-order valence-electron chi connectivity index (χ2n) is 7.49. The summed E-state index contributed by atoms with van der Waals surface area (Å²) >= 11 is 0. The van der Waals surface area contributed by atoms with Crippen molar-refractivity contribution in [2.24, 2.45) is 5.41 Å². The summed E-state index contributed by atoms with van der Waals surface area (Å²) in [5.41, 5.74) is 1.31. The van der Waals surface area contributed by atoms with Gasteiger partial charge in [-0.1, -0.05) is 62.7 Å². The molecular formula is C20H27N3O3. The van der Waals surface area contributed by atoms with E-state index in [1.54, 1.807) is 6.07 Å². The zero-order valence-corrected chi connectivity index (χ0v) is 15.7. The predicted molar refractivity (Wildman–Crippen MR) is 101 cm³/mol. The molecule has 0 unspecified atom stereocenters. The van der Waals surface area contributed by atoms with Crippen molar-refractivity contribution in [3.63, 3.8) is 0 Å². The van der Waals surface area contributed by atoms with Gasteiger partial charge in [-0.2, -0.15) is 0 Å². The van der Waals surface area contributed by atoms with Crippen LogP contribution in [0.5, 0.6) is 0 Å². The summed E-state index contributed by atoms with van der Waals surface area (Å²) in [5.74, 6) is -0.126. The van der Waals surface area contributed by atoms with Gasteiger partial charge >= 0.3 is 0 Å². The Balaban J connectivity index is 1.70. The standard InChI is InChI=1S/C20H27N3O3/c1-20(2,3)11-7-8-12-21-18(24)14-22-19(25)16-13-17(26-23-16)15-9-5-4-6-10-15/h4-6,9-10,13H,7-8,11-12,14H2,1-3H3,(H,21,24)(H,22,25). The number of rotatable bonds is 8. The maximum Gasteiger partial charge on any atom is 0.273 e. The fourth-order valence-electron chi connectivity index (χ4n) is 2.44. The molecule has 140 valence electrons. The van der Waals surface area contributed by atoms with Crippen molar-refractivity contribution >= 4 is 11.8 Å². The Bertz CT molecular complexity index is 717. The topological polar surface area (TPSA) is 84.2 Å². The van der Waals surface area contributed by atoms with E-state index in [0.29, 0.717) is 17.7 Å². The van der Waals surface area contributed by atoms with Crippen LogP contribution in [0.4, 0.5) is 0 Å². The third-order valence-electron chi connectivity index (χ3n) is 3.89. The molecule has 0 fully saturated rings. The van der Waals surface area contributed by atoms with Crippen LogP contribution in [-0.2, 0) is 4.79 Å². The maximum absolute atomic E-state index is 12.1. The van der Waals surface area contributed by atoms with Gasteiger partial charge in [-0.05, 0) is 18.3 Å². The van der Waals surface area contributed by atoms with Gasteiger partial charge in [-0.15, -0.1) is 0 Å². The maximum atomic E-state index is 12.1. The smallest absolute Gasteiger partial charge is 0.273 e. The largest absolute Gasteiger partial charge is 0.355 e. The molecule has 2 rings (SSSR count). The minimum absolute atomic E-state index is 0.0777. The van der Waals surface area contributed by atoms with Gasteiger partial charge in [0.1, 0.15) is 0 Å². The predicted octanol–water partition coefficient (Wildman–Crippen LogP) is 3.40.